The van der Waals surface area contributed by atoms with Gasteiger partial charge in [0.05, 0.1) is 12.7 Å². The number of hydrogen-bond acceptors (Lipinski definition) is 8. The van der Waals surface area contributed by atoms with Crippen LogP contribution in [-0.2, 0) is 31.3 Å². The van der Waals surface area contributed by atoms with Crippen molar-refractivity contribution < 1.29 is 31.3 Å². The van der Waals surface area contributed by atoms with Gasteiger partial charge in [-0.1, -0.05) is 0 Å². The Labute approximate surface area is 186 Å². The second kappa shape index (κ2) is 15.8. The average Bonchev–Trinajstić information content (AvgIpc) is 2.67. The van der Waals surface area contributed by atoms with Gasteiger partial charge in [-0.25, -0.2) is 0 Å². The van der Waals surface area contributed by atoms with E-state index in [0.29, 0.717) is 39.6 Å². The minimum absolute atomic E-state index is 0.0623. The molecule has 0 aromatic carbocycles. The zero-order chi connectivity index (χ0) is 22.3. The summed E-state index contributed by atoms with van der Waals surface area (Å²) in [5, 5.41) is 0. The quantitative estimate of drug-likeness (QED) is 0.321. The first-order valence-corrected chi connectivity index (χ1v) is 15.5. The minimum atomic E-state index is -2.65. The molecule has 1 aliphatic rings. The lowest BCUT2D eigenvalue weighted by Gasteiger charge is -2.38. The molecule has 1 aliphatic heterocycles. The second-order valence-electron chi connectivity index (χ2n) is 7.23. The molecule has 0 radical (unpaired) electrons. The highest BCUT2D eigenvalue weighted by Gasteiger charge is 2.44. The van der Waals surface area contributed by atoms with Crippen molar-refractivity contribution in [1.29, 1.82) is 0 Å². The predicted molar refractivity (Wildman–Crippen MR) is 122 cm³/mol. The molecular weight excluding hydrogens is 422 g/mol. The summed E-state index contributed by atoms with van der Waals surface area (Å²) < 4.78 is 41.9. The van der Waals surface area contributed by atoms with Gasteiger partial charge in [0.25, 0.3) is 0 Å². The van der Waals surface area contributed by atoms with Crippen LogP contribution in [0, 0.1) is 0 Å². The van der Waals surface area contributed by atoms with Crippen LogP contribution in [0.1, 0.15) is 47.5 Å². The molecule has 1 rings (SSSR count). The Kier molecular flexibility index (Phi) is 14.9. The van der Waals surface area contributed by atoms with Gasteiger partial charge in [0.15, 0.2) is 0 Å². The molecule has 0 aromatic heterocycles. The summed E-state index contributed by atoms with van der Waals surface area (Å²) in [5.41, 5.74) is 0. The van der Waals surface area contributed by atoms with Crippen LogP contribution in [0.5, 0.6) is 0 Å². The van der Waals surface area contributed by atoms with Crippen LogP contribution < -0.4 is 0 Å². The molecule has 1 fully saturated rings. The van der Waals surface area contributed by atoms with Crippen LogP contribution in [0.25, 0.3) is 0 Å². The molecule has 1 unspecified atom stereocenters. The number of hydrogen-bond donors (Lipinski definition) is 0. The van der Waals surface area contributed by atoms with Crippen LogP contribution in [0.4, 0.5) is 0 Å². The largest absolute Gasteiger partial charge is 0.501 e. The first-order chi connectivity index (χ1) is 14.5. The summed E-state index contributed by atoms with van der Waals surface area (Å²) in [6, 6.07) is 1.66. The Morgan fingerprint density at radius 2 is 1.53 bits per heavy atom. The molecule has 1 heterocycles. The average molecular weight is 468 g/mol. The Bertz CT molecular complexity index is 411. The van der Waals surface area contributed by atoms with E-state index in [9.17, 15) is 0 Å². The van der Waals surface area contributed by atoms with Crippen molar-refractivity contribution >= 4 is 17.6 Å². The lowest BCUT2D eigenvalue weighted by Crippen LogP contribution is -2.54. The van der Waals surface area contributed by atoms with E-state index in [-0.39, 0.29) is 6.10 Å². The van der Waals surface area contributed by atoms with Crippen LogP contribution >= 0.6 is 0 Å². The van der Waals surface area contributed by atoms with E-state index in [4.69, 9.17) is 31.3 Å². The SMILES string of the molecule is CCO[Si](CCCN1CCC[Si](OCC)(OCC)OC(COC)C1)(OCC)OCC. The van der Waals surface area contributed by atoms with E-state index in [1.54, 1.807) is 7.11 Å². The van der Waals surface area contributed by atoms with Crippen LogP contribution in [0.15, 0.2) is 0 Å². The standard InChI is InChI=1S/C20H45NO7Si2/c1-7-23-29(24-8-2,25-9-3)16-12-14-21-15-13-17-30(26-10-4,27-11-5)28-20(18-21)19-22-6/h20H,7-19H2,1-6H3. The van der Waals surface area contributed by atoms with Gasteiger partial charge in [-0.15, -0.1) is 0 Å². The summed E-state index contributed by atoms with van der Waals surface area (Å²) in [7, 11) is -3.53. The number of methoxy groups -OCH3 is 1. The van der Waals surface area contributed by atoms with Crippen molar-refractivity contribution in [3.05, 3.63) is 0 Å². The molecule has 180 valence electrons. The fraction of sp³-hybridized carbons (Fsp3) is 1.00. The van der Waals surface area contributed by atoms with Gasteiger partial charge in [-0.2, -0.15) is 0 Å². The Morgan fingerprint density at radius 1 is 0.933 bits per heavy atom. The minimum Gasteiger partial charge on any atom is -0.382 e. The molecule has 10 heteroatoms. The molecule has 0 amide bonds. The highest BCUT2D eigenvalue weighted by atomic mass is 28.4. The lowest BCUT2D eigenvalue weighted by molar-refractivity contribution is -0.0214. The predicted octanol–water partition coefficient (Wildman–Crippen LogP) is 3.17. The van der Waals surface area contributed by atoms with Gasteiger partial charge >= 0.3 is 17.6 Å². The summed E-state index contributed by atoms with van der Waals surface area (Å²) in [6.07, 6.45) is 1.90. The van der Waals surface area contributed by atoms with E-state index in [1.807, 2.05) is 34.6 Å². The topological polar surface area (TPSA) is 67.9 Å². The molecule has 30 heavy (non-hydrogen) atoms. The zero-order valence-electron chi connectivity index (χ0n) is 20.1. The van der Waals surface area contributed by atoms with Crippen molar-refractivity contribution in [3.63, 3.8) is 0 Å². The highest BCUT2D eigenvalue weighted by molar-refractivity contribution is 6.61. The molecule has 0 N–H and O–H groups in total. The van der Waals surface area contributed by atoms with Gasteiger partial charge in [-0.05, 0) is 60.5 Å². The maximum Gasteiger partial charge on any atom is 0.501 e. The van der Waals surface area contributed by atoms with E-state index in [0.717, 1.165) is 44.6 Å². The Hall–Kier alpha value is 0.114. The zero-order valence-corrected chi connectivity index (χ0v) is 22.1. The third kappa shape index (κ3) is 9.72. The van der Waals surface area contributed by atoms with Crippen LogP contribution in [-0.4, -0.2) is 95.0 Å². The van der Waals surface area contributed by atoms with Gasteiger partial charge in [0, 0.05) is 58.8 Å². The first-order valence-electron chi connectivity index (χ1n) is 11.6. The highest BCUT2D eigenvalue weighted by Crippen LogP contribution is 2.24. The fourth-order valence-corrected chi connectivity index (χ4v) is 9.28. The first kappa shape index (κ1) is 28.1. The Balaban J connectivity index is 2.72. The summed E-state index contributed by atoms with van der Waals surface area (Å²) in [6.45, 7) is 16.3. The molecule has 0 aliphatic carbocycles. The lowest BCUT2D eigenvalue weighted by atomic mass is 10.3. The van der Waals surface area contributed by atoms with E-state index in [2.05, 4.69) is 4.90 Å². The van der Waals surface area contributed by atoms with E-state index >= 15 is 0 Å². The second-order valence-corrected chi connectivity index (χ2v) is 12.6. The van der Waals surface area contributed by atoms with Gasteiger partial charge in [0.2, 0.25) is 0 Å². The van der Waals surface area contributed by atoms with Gasteiger partial charge < -0.3 is 36.2 Å². The van der Waals surface area contributed by atoms with E-state index in [1.165, 1.54) is 0 Å². The molecule has 8 nitrogen and oxygen atoms in total. The molecule has 0 spiro atoms. The number of ether oxygens (including phenoxy) is 1. The van der Waals surface area contributed by atoms with Crippen molar-refractivity contribution in [1.82, 2.24) is 4.90 Å². The summed E-state index contributed by atoms with van der Waals surface area (Å²) >= 11 is 0. The monoisotopic (exact) mass is 467 g/mol. The summed E-state index contributed by atoms with van der Waals surface area (Å²) in [4.78, 5) is 2.45. The van der Waals surface area contributed by atoms with Gasteiger partial charge in [-0.3, -0.25) is 0 Å². The molecule has 0 aromatic rings. The van der Waals surface area contributed by atoms with Crippen LogP contribution in [0.2, 0.25) is 12.1 Å². The Morgan fingerprint density at radius 3 is 2.03 bits per heavy atom. The smallest absolute Gasteiger partial charge is 0.382 e. The summed E-state index contributed by atoms with van der Waals surface area (Å²) in [5.74, 6) is 0. The number of rotatable bonds is 16. The van der Waals surface area contributed by atoms with Crippen LogP contribution in [0.3, 0.4) is 0 Å². The normalized spacial score (nSPS) is 20.8. The molecule has 0 bridgehead atoms. The van der Waals surface area contributed by atoms with Crippen molar-refractivity contribution in [2.75, 3.05) is 66.4 Å². The maximum absolute atomic E-state index is 6.46. The molecule has 1 atom stereocenters. The molecule has 0 saturated carbocycles. The van der Waals surface area contributed by atoms with Gasteiger partial charge in [0.1, 0.15) is 0 Å². The third-order valence-corrected chi connectivity index (χ3v) is 11.2. The molecule has 1 saturated heterocycles. The number of nitrogens with zero attached hydrogens (tertiary/aromatic N) is 1. The van der Waals surface area contributed by atoms with Crippen molar-refractivity contribution in [3.8, 4) is 0 Å². The van der Waals surface area contributed by atoms with Crippen molar-refractivity contribution in [2.24, 2.45) is 0 Å². The molecular formula is C20H45NO7Si2. The van der Waals surface area contributed by atoms with Crippen molar-refractivity contribution in [2.45, 2.75) is 65.7 Å². The maximum atomic E-state index is 6.46. The van der Waals surface area contributed by atoms with E-state index < -0.39 is 17.6 Å². The fourth-order valence-electron chi connectivity index (χ4n) is 3.94. The third-order valence-electron chi connectivity index (χ3n) is 4.90.